The minimum Gasteiger partial charge on any atom is -0.338 e. The number of piperidine rings is 1. The quantitative estimate of drug-likeness (QED) is 0.819. The number of hydrogen-bond donors (Lipinski definition) is 0. The van der Waals surface area contributed by atoms with Crippen LogP contribution in [0.5, 0.6) is 0 Å². The average Bonchev–Trinajstić information content (AvgIpc) is 2.54. The van der Waals surface area contributed by atoms with E-state index < -0.39 is 10.0 Å². The maximum absolute atomic E-state index is 12.8. The van der Waals surface area contributed by atoms with E-state index in [1.807, 2.05) is 18.7 Å². The lowest BCUT2D eigenvalue weighted by Crippen LogP contribution is -2.42. The van der Waals surface area contributed by atoms with Gasteiger partial charge in [-0.05, 0) is 36.5 Å². The second kappa shape index (κ2) is 7.66. The van der Waals surface area contributed by atoms with Crippen LogP contribution in [0.2, 0.25) is 0 Å². The predicted octanol–water partition coefficient (Wildman–Crippen LogP) is 2.84. The van der Waals surface area contributed by atoms with E-state index in [4.69, 9.17) is 0 Å². The number of rotatable bonds is 5. The van der Waals surface area contributed by atoms with E-state index >= 15 is 0 Å². The molecule has 2 rings (SSSR count). The normalized spacial score (nSPS) is 22.0. The van der Waals surface area contributed by atoms with Crippen molar-refractivity contribution in [2.45, 2.75) is 39.0 Å². The van der Waals surface area contributed by atoms with Gasteiger partial charge in [-0.1, -0.05) is 33.8 Å². The van der Waals surface area contributed by atoms with Crippen LogP contribution in [0.1, 0.15) is 44.5 Å². The number of amides is 1. The molecule has 0 radical (unpaired) electrons. The highest BCUT2D eigenvalue weighted by atomic mass is 32.2. The molecule has 0 aliphatic carbocycles. The smallest absolute Gasteiger partial charge is 0.253 e. The molecular weight excluding hydrogens is 324 g/mol. The highest BCUT2D eigenvalue weighted by molar-refractivity contribution is 7.89. The second-order valence-electron chi connectivity index (χ2n) is 6.77. The molecule has 1 aliphatic heterocycles. The SMILES string of the molecule is CCN(CC)S(=O)(=O)c1cccc(C(=O)N2CC(C)CC(C)C2)c1. The number of carbonyl (C=O) groups excluding carboxylic acids is 1. The summed E-state index contributed by atoms with van der Waals surface area (Å²) in [6, 6.07) is 6.43. The molecule has 1 fully saturated rings. The van der Waals surface area contributed by atoms with Gasteiger partial charge in [0.2, 0.25) is 10.0 Å². The van der Waals surface area contributed by atoms with E-state index in [2.05, 4.69) is 13.8 Å². The molecule has 1 amide bonds. The Morgan fingerprint density at radius 2 is 1.75 bits per heavy atom. The number of likely N-dealkylation sites (tertiary alicyclic amines) is 1. The van der Waals surface area contributed by atoms with Crippen LogP contribution in [-0.4, -0.2) is 49.7 Å². The van der Waals surface area contributed by atoms with Crippen molar-refractivity contribution in [2.75, 3.05) is 26.2 Å². The van der Waals surface area contributed by atoms with E-state index in [-0.39, 0.29) is 10.8 Å². The molecule has 0 saturated carbocycles. The minimum atomic E-state index is -3.55. The lowest BCUT2D eigenvalue weighted by molar-refractivity contribution is 0.0623. The van der Waals surface area contributed by atoms with Crippen LogP contribution in [0.4, 0.5) is 0 Å². The van der Waals surface area contributed by atoms with Crippen LogP contribution in [0.15, 0.2) is 29.2 Å². The van der Waals surface area contributed by atoms with Crippen LogP contribution >= 0.6 is 0 Å². The van der Waals surface area contributed by atoms with E-state index in [1.54, 1.807) is 18.2 Å². The molecule has 134 valence electrons. The molecule has 2 atom stereocenters. The molecule has 6 heteroatoms. The molecule has 0 bridgehead atoms. The monoisotopic (exact) mass is 352 g/mol. The van der Waals surface area contributed by atoms with E-state index in [9.17, 15) is 13.2 Å². The Labute approximate surface area is 145 Å². The third kappa shape index (κ3) is 3.98. The number of hydrogen-bond acceptors (Lipinski definition) is 3. The minimum absolute atomic E-state index is 0.0787. The molecule has 2 unspecified atom stereocenters. The second-order valence-corrected chi connectivity index (χ2v) is 8.71. The molecule has 0 spiro atoms. The number of carbonyl (C=O) groups is 1. The van der Waals surface area contributed by atoms with E-state index in [0.29, 0.717) is 30.5 Å². The highest BCUT2D eigenvalue weighted by Crippen LogP contribution is 2.24. The summed E-state index contributed by atoms with van der Waals surface area (Å²) in [5, 5.41) is 0. The fraction of sp³-hybridized carbons (Fsp3) is 0.611. The molecule has 24 heavy (non-hydrogen) atoms. The van der Waals surface area contributed by atoms with Crippen LogP contribution < -0.4 is 0 Å². The van der Waals surface area contributed by atoms with Crippen LogP contribution in [0.25, 0.3) is 0 Å². The molecule has 5 nitrogen and oxygen atoms in total. The van der Waals surface area contributed by atoms with Gasteiger partial charge >= 0.3 is 0 Å². The Hall–Kier alpha value is -1.40. The zero-order chi connectivity index (χ0) is 17.9. The summed E-state index contributed by atoms with van der Waals surface area (Å²) >= 11 is 0. The van der Waals surface area contributed by atoms with E-state index in [0.717, 1.165) is 19.5 Å². The molecule has 1 saturated heterocycles. The highest BCUT2D eigenvalue weighted by Gasteiger charge is 2.27. The average molecular weight is 353 g/mol. The van der Waals surface area contributed by atoms with Gasteiger partial charge in [0.25, 0.3) is 5.91 Å². The van der Waals surface area contributed by atoms with Gasteiger partial charge in [0.15, 0.2) is 0 Å². The third-order valence-electron chi connectivity index (χ3n) is 4.58. The lowest BCUT2D eigenvalue weighted by atomic mass is 9.91. The molecular formula is C18H28N2O3S. The van der Waals surface area contributed by atoms with Gasteiger partial charge in [-0.3, -0.25) is 4.79 Å². The van der Waals surface area contributed by atoms with Crippen LogP contribution in [-0.2, 0) is 10.0 Å². The van der Waals surface area contributed by atoms with Gasteiger partial charge in [0.05, 0.1) is 4.90 Å². The molecule has 0 aromatic heterocycles. The number of benzene rings is 1. The van der Waals surface area contributed by atoms with Crippen molar-refractivity contribution in [3.8, 4) is 0 Å². The summed E-state index contributed by atoms with van der Waals surface area (Å²) in [6.45, 7) is 10.2. The summed E-state index contributed by atoms with van der Waals surface area (Å²) in [5.41, 5.74) is 0.449. The Bertz CT molecular complexity index is 673. The summed E-state index contributed by atoms with van der Waals surface area (Å²) < 4.78 is 26.7. The van der Waals surface area contributed by atoms with Gasteiger partial charge in [0, 0.05) is 31.7 Å². The fourth-order valence-corrected chi connectivity index (χ4v) is 5.02. The maximum Gasteiger partial charge on any atom is 0.253 e. The summed E-state index contributed by atoms with van der Waals surface area (Å²) in [7, 11) is -3.55. The first-order valence-electron chi connectivity index (χ1n) is 8.69. The van der Waals surface area contributed by atoms with Gasteiger partial charge in [0.1, 0.15) is 0 Å². The van der Waals surface area contributed by atoms with Gasteiger partial charge in [-0.25, -0.2) is 8.42 Å². The zero-order valence-electron chi connectivity index (χ0n) is 15.0. The Morgan fingerprint density at radius 1 is 1.17 bits per heavy atom. The standard InChI is InChI=1S/C18H28N2O3S/c1-5-20(6-2)24(22,23)17-9-7-8-16(11-17)18(21)19-12-14(3)10-15(4)13-19/h7-9,11,14-15H,5-6,10,12-13H2,1-4H3. The fourth-order valence-electron chi connectivity index (χ4n) is 3.51. The number of sulfonamides is 1. The van der Waals surface area contributed by atoms with Crippen LogP contribution in [0, 0.1) is 11.8 Å². The van der Waals surface area contributed by atoms with Crippen molar-refractivity contribution in [2.24, 2.45) is 11.8 Å². The molecule has 1 aromatic carbocycles. The summed E-state index contributed by atoms with van der Waals surface area (Å²) in [6.07, 6.45) is 1.13. The van der Waals surface area contributed by atoms with Crippen molar-refractivity contribution < 1.29 is 13.2 Å². The summed E-state index contributed by atoms with van der Waals surface area (Å²) in [4.78, 5) is 14.8. The van der Waals surface area contributed by atoms with Gasteiger partial charge in [-0.2, -0.15) is 4.31 Å². The molecule has 1 aromatic rings. The van der Waals surface area contributed by atoms with Crippen molar-refractivity contribution in [3.05, 3.63) is 29.8 Å². The molecule has 1 heterocycles. The van der Waals surface area contributed by atoms with Crippen molar-refractivity contribution in [1.29, 1.82) is 0 Å². The van der Waals surface area contributed by atoms with Crippen LogP contribution in [0.3, 0.4) is 0 Å². The Kier molecular flexibility index (Phi) is 6.04. The Balaban J connectivity index is 2.28. The van der Waals surface area contributed by atoms with Crippen molar-refractivity contribution >= 4 is 15.9 Å². The predicted molar refractivity (Wildman–Crippen MR) is 95.4 cm³/mol. The van der Waals surface area contributed by atoms with Gasteiger partial charge in [-0.15, -0.1) is 0 Å². The van der Waals surface area contributed by atoms with Crippen molar-refractivity contribution in [3.63, 3.8) is 0 Å². The largest absolute Gasteiger partial charge is 0.338 e. The third-order valence-corrected chi connectivity index (χ3v) is 6.63. The first-order valence-corrected chi connectivity index (χ1v) is 10.1. The topological polar surface area (TPSA) is 57.7 Å². The number of nitrogens with zero attached hydrogens (tertiary/aromatic N) is 2. The first kappa shape index (κ1) is 18.9. The van der Waals surface area contributed by atoms with E-state index in [1.165, 1.54) is 10.4 Å². The van der Waals surface area contributed by atoms with Gasteiger partial charge < -0.3 is 4.90 Å². The first-order chi connectivity index (χ1) is 11.3. The Morgan fingerprint density at radius 3 is 2.29 bits per heavy atom. The lowest BCUT2D eigenvalue weighted by Gasteiger charge is -2.35. The summed E-state index contributed by atoms with van der Waals surface area (Å²) in [5.74, 6) is 0.866. The maximum atomic E-state index is 12.8. The molecule has 1 aliphatic rings. The molecule has 0 N–H and O–H groups in total. The van der Waals surface area contributed by atoms with Crippen molar-refractivity contribution in [1.82, 2.24) is 9.21 Å². The zero-order valence-corrected chi connectivity index (χ0v) is 15.8.